The molecule has 1 heterocycles. The predicted molar refractivity (Wildman–Crippen MR) is 74.5 cm³/mol. The van der Waals surface area contributed by atoms with Crippen molar-refractivity contribution in [2.45, 2.75) is 32.4 Å². The van der Waals surface area contributed by atoms with E-state index in [1.54, 1.807) is 6.92 Å². The molecule has 1 aliphatic heterocycles. The Balaban J connectivity index is 1.89. The highest BCUT2D eigenvalue weighted by molar-refractivity contribution is 5.84. The maximum Gasteiger partial charge on any atom is 0.411 e. The standard InChI is InChI=1S/C14H20N2O3/c1-3-18-14(17)16-12-6-4-11(5-7-12)15-13-8-9-19-10(13)2/h4-7,10,13,15H,3,8-9H2,1-2H3,(H,16,17). The molecule has 1 saturated heterocycles. The first-order chi connectivity index (χ1) is 9.19. The van der Waals surface area contributed by atoms with Crippen molar-refractivity contribution >= 4 is 17.5 Å². The second kappa shape index (κ2) is 6.43. The molecule has 2 N–H and O–H groups in total. The molecule has 0 spiro atoms. The van der Waals surface area contributed by atoms with Crippen molar-refractivity contribution in [1.29, 1.82) is 0 Å². The summed E-state index contributed by atoms with van der Waals surface area (Å²) in [6.45, 7) is 5.02. The maximum absolute atomic E-state index is 11.3. The van der Waals surface area contributed by atoms with E-state index in [1.165, 1.54) is 0 Å². The highest BCUT2D eigenvalue weighted by atomic mass is 16.5. The van der Waals surface area contributed by atoms with Crippen LogP contribution in [-0.4, -0.2) is 31.5 Å². The molecule has 104 valence electrons. The normalized spacial score (nSPS) is 22.0. The van der Waals surface area contributed by atoms with E-state index in [-0.39, 0.29) is 6.10 Å². The molecule has 0 saturated carbocycles. The quantitative estimate of drug-likeness (QED) is 0.878. The number of hydrogen-bond donors (Lipinski definition) is 2. The first-order valence-electron chi connectivity index (χ1n) is 6.61. The van der Waals surface area contributed by atoms with Gasteiger partial charge in [0.1, 0.15) is 0 Å². The van der Waals surface area contributed by atoms with Crippen LogP contribution in [0.3, 0.4) is 0 Å². The number of ether oxygens (including phenoxy) is 2. The summed E-state index contributed by atoms with van der Waals surface area (Å²) in [5.41, 5.74) is 1.75. The molecule has 1 amide bonds. The summed E-state index contributed by atoms with van der Waals surface area (Å²) in [5.74, 6) is 0. The Bertz CT molecular complexity index is 419. The largest absolute Gasteiger partial charge is 0.450 e. The summed E-state index contributed by atoms with van der Waals surface area (Å²) in [6.07, 6.45) is 0.822. The van der Waals surface area contributed by atoms with E-state index in [9.17, 15) is 4.79 Å². The monoisotopic (exact) mass is 264 g/mol. The Kier molecular flexibility index (Phi) is 4.63. The summed E-state index contributed by atoms with van der Waals surface area (Å²) < 4.78 is 10.3. The zero-order valence-corrected chi connectivity index (χ0v) is 11.3. The molecule has 2 unspecified atom stereocenters. The lowest BCUT2D eigenvalue weighted by atomic mass is 10.1. The number of benzene rings is 1. The molecule has 1 fully saturated rings. The van der Waals surface area contributed by atoms with E-state index in [0.29, 0.717) is 12.6 Å². The second-order valence-corrected chi connectivity index (χ2v) is 4.54. The van der Waals surface area contributed by atoms with E-state index in [4.69, 9.17) is 9.47 Å². The molecule has 2 atom stereocenters. The third-order valence-corrected chi connectivity index (χ3v) is 3.14. The molecule has 5 heteroatoms. The van der Waals surface area contributed by atoms with E-state index in [0.717, 1.165) is 24.4 Å². The minimum absolute atomic E-state index is 0.234. The average Bonchev–Trinajstić information content (AvgIpc) is 2.78. The van der Waals surface area contributed by atoms with Gasteiger partial charge >= 0.3 is 6.09 Å². The van der Waals surface area contributed by atoms with Crippen LogP contribution in [0.5, 0.6) is 0 Å². The highest BCUT2D eigenvalue weighted by Crippen LogP contribution is 2.20. The third kappa shape index (κ3) is 3.86. The molecule has 0 radical (unpaired) electrons. The summed E-state index contributed by atoms with van der Waals surface area (Å²) in [5, 5.41) is 6.09. The van der Waals surface area contributed by atoms with Crippen LogP contribution in [0, 0.1) is 0 Å². The van der Waals surface area contributed by atoms with E-state index >= 15 is 0 Å². The number of amides is 1. The van der Waals surface area contributed by atoms with Crippen molar-refractivity contribution in [2.24, 2.45) is 0 Å². The number of nitrogens with one attached hydrogen (secondary N) is 2. The van der Waals surface area contributed by atoms with Gasteiger partial charge < -0.3 is 14.8 Å². The summed E-state index contributed by atoms with van der Waals surface area (Å²) >= 11 is 0. The van der Waals surface area contributed by atoms with Crippen LogP contribution < -0.4 is 10.6 Å². The van der Waals surface area contributed by atoms with Gasteiger partial charge in [-0.15, -0.1) is 0 Å². The van der Waals surface area contributed by atoms with Gasteiger partial charge in [-0.25, -0.2) is 4.79 Å². The molecule has 0 aliphatic carbocycles. The Labute approximate surface area is 113 Å². The van der Waals surface area contributed by atoms with E-state index in [2.05, 4.69) is 17.6 Å². The van der Waals surface area contributed by atoms with Gasteiger partial charge in [0.05, 0.1) is 18.8 Å². The Hall–Kier alpha value is -1.75. The first-order valence-corrected chi connectivity index (χ1v) is 6.61. The van der Waals surface area contributed by atoms with Crippen molar-refractivity contribution < 1.29 is 14.3 Å². The van der Waals surface area contributed by atoms with Gasteiger partial charge in [0.2, 0.25) is 0 Å². The zero-order chi connectivity index (χ0) is 13.7. The molecular formula is C14H20N2O3. The van der Waals surface area contributed by atoms with Crippen LogP contribution in [0.15, 0.2) is 24.3 Å². The van der Waals surface area contributed by atoms with Crippen LogP contribution >= 0.6 is 0 Å². The maximum atomic E-state index is 11.3. The molecule has 2 rings (SSSR count). The number of hydrogen-bond acceptors (Lipinski definition) is 4. The van der Waals surface area contributed by atoms with Crippen LogP contribution in [0.1, 0.15) is 20.3 Å². The lowest BCUT2D eigenvalue weighted by Crippen LogP contribution is -2.26. The Morgan fingerprint density at radius 1 is 1.37 bits per heavy atom. The SMILES string of the molecule is CCOC(=O)Nc1ccc(NC2CCOC2C)cc1. The average molecular weight is 264 g/mol. The highest BCUT2D eigenvalue weighted by Gasteiger charge is 2.23. The molecule has 19 heavy (non-hydrogen) atoms. The second-order valence-electron chi connectivity index (χ2n) is 4.54. The fourth-order valence-electron chi connectivity index (χ4n) is 2.07. The number of rotatable bonds is 4. The number of anilines is 2. The van der Waals surface area contributed by atoms with Gasteiger partial charge in [-0.1, -0.05) is 0 Å². The van der Waals surface area contributed by atoms with Crippen molar-refractivity contribution in [3.05, 3.63) is 24.3 Å². The van der Waals surface area contributed by atoms with Gasteiger partial charge in [0, 0.05) is 18.0 Å². The van der Waals surface area contributed by atoms with Gasteiger partial charge in [-0.3, -0.25) is 5.32 Å². The number of carbonyl (C=O) groups is 1. The van der Waals surface area contributed by atoms with Crippen molar-refractivity contribution in [1.82, 2.24) is 0 Å². The molecule has 0 bridgehead atoms. The van der Waals surface area contributed by atoms with Crippen molar-refractivity contribution in [3.63, 3.8) is 0 Å². The number of carbonyl (C=O) groups excluding carboxylic acids is 1. The molecule has 1 aromatic rings. The van der Waals surface area contributed by atoms with Crippen molar-refractivity contribution in [2.75, 3.05) is 23.8 Å². The molecule has 1 aliphatic rings. The van der Waals surface area contributed by atoms with Crippen LogP contribution in [0.4, 0.5) is 16.2 Å². The van der Waals surface area contributed by atoms with Gasteiger partial charge in [0.25, 0.3) is 0 Å². The Morgan fingerprint density at radius 3 is 2.63 bits per heavy atom. The van der Waals surface area contributed by atoms with Crippen molar-refractivity contribution in [3.8, 4) is 0 Å². The van der Waals surface area contributed by atoms with Crippen LogP contribution in [0.2, 0.25) is 0 Å². The van der Waals surface area contributed by atoms with Crippen LogP contribution in [-0.2, 0) is 9.47 Å². The molecule has 5 nitrogen and oxygen atoms in total. The minimum Gasteiger partial charge on any atom is -0.450 e. The van der Waals surface area contributed by atoms with Gasteiger partial charge in [0.15, 0.2) is 0 Å². The smallest absolute Gasteiger partial charge is 0.411 e. The van der Waals surface area contributed by atoms with Crippen LogP contribution in [0.25, 0.3) is 0 Å². The molecule has 1 aromatic carbocycles. The van der Waals surface area contributed by atoms with E-state index in [1.807, 2.05) is 24.3 Å². The lowest BCUT2D eigenvalue weighted by Gasteiger charge is -2.17. The zero-order valence-electron chi connectivity index (χ0n) is 11.3. The first kappa shape index (κ1) is 13.7. The summed E-state index contributed by atoms with van der Waals surface area (Å²) in [7, 11) is 0. The minimum atomic E-state index is -0.430. The molecular weight excluding hydrogens is 244 g/mol. The predicted octanol–water partition coefficient (Wildman–Crippen LogP) is 2.84. The Morgan fingerprint density at radius 2 is 2.05 bits per heavy atom. The molecule has 0 aromatic heterocycles. The van der Waals surface area contributed by atoms with E-state index < -0.39 is 6.09 Å². The fourth-order valence-corrected chi connectivity index (χ4v) is 2.07. The summed E-state index contributed by atoms with van der Waals surface area (Å²) in [6, 6.07) is 7.92. The van der Waals surface area contributed by atoms with Gasteiger partial charge in [-0.2, -0.15) is 0 Å². The van der Waals surface area contributed by atoms with Gasteiger partial charge in [-0.05, 0) is 44.5 Å². The fraction of sp³-hybridized carbons (Fsp3) is 0.500. The summed E-state index contributed by atoms with van der Waals surface area (Å²) in [4.78, 5) is 11.3. The third-order valence-electron chi connectivity index (χ3n) is 3.14. The topological polar surface area (TPSA) is 59.6 Å². The lowest BCUT2D eigenvalue weighted by molar-refractivity contribution is 0.121.